The predicted molar refractivity (Wildman–Crippen MR) is 116 cm³/mol. The number of esters is 1. The van der Waals surface area contributed by atoms with E-state index >= 15 is 0 Å². The number of carbonyl (C=O) groups is 2. The van der Waals surface area contributed by atoms with E-state index in [-0.39, 0.29) is 17.8 Å². The Balaban J connectivity index is 1.87. The number of carbonyl (C=O) groups excluding carboxylic acids is 2. The Morgan fingerprint density at radius 2 is 1.32 bits per heavy atom. The van der Waals surface area contributed by atoms with Gasteiger partial charge in [0, 0.05) is 13.1 Å². The van der Waals surface area contributed by atoms with Gasteiger partial charge in [-0.05, 0) is 25.3 Å². The Kier molecular flexibility index (Phi) is 14.7. The van der Waals surface area contributed by atoms with Crippen molar-refractivity contribution in [2.24, 2.45) is 5.92 Å². The second-order valence-corrected chi connectivity index (χ2v) is 8.21. The van der Waals surface area contributed by atoms with E-state index < -0.39 is 0 Å². The van der Waals surface area contributed by atoms with Gasteiger partial charge in [0.2, 0.25) is 5.91 Å². The lowest BCUT2D eigenvalue weighted by molar-refractivity contribution is -0.151. The van der Waals surface area contributed by atoms with Gasteiger partial charge in [-0.25, -0.2) is 0 Å². The third-order valence-corrected chi connectivity index (χ3v) is 5.81. The fourth-order valence-electron chi connectivity index (χ4n) is 3.88. The molecule has 1 aliphatic heterocycles. The van der Waals surface area contributed by atoms with Crippen molar-refractivity contribution in [3.63, 3.8) is 0 Å². The Bertz CT molecular complexity index is 428. The van der Waals surface area contributed by atoms with Gasteiger partial charge in [0.25, 0.3) is 0 Å². The summed E-state index contributed by atoms with van der Waals surface area (Å²) in [5.74, 6) is -0.167. The topological polar surface area (TPSA) is 46.6 Å². The van der Waals surface area contributed by atoms with Crippen LogP contribution in [-0.2, 0) is 14.3 Å². The summed E-state index contributed by atoms with van der Waals surface area (Å²) >= 11 is 0. The molecule has 0 aromatic rings. The molecule has 0 bridgehead atoms. The first kappa shape index (κ1) is 24.7. The van der Waals surface area contributed by atoms with E-state index in [1.54, 1.807) is 4.90 Å². The van der Waals surface area contributed by atoms with Gasteiger partial charge in [0.1, 0.15) is 0 Å². The van der Waals surface area contributed by atoms with Gasteiger partial charge < -0.3 is 9.64 Å². The molecule has 1 rings (SSSR count). The molecule has 0 radical (unpaired) electrons. The van der Waals surface area contributed by atoms with Crippen molar-refractivity contribution in [1.82, 2.24) is 4.90 Å². The molecule has 4 nitrogen and oxygen atoms in total. The van der Waals surface area contributed by atoms with E-state index in [0.29, 0.717) is 32.5 Å². The minimum Gasteiger partial charge on any atom is -0.465 e. The Morgan fingerprint density at radius 1 is 0.857 bits per heavy atom. The summed E-state index contributed by atoms with van der Waals surface area (Å²) in [6.45, 7) is 7.58. The SMILES string of the molecule is C=CC(=O)N1CCC(C(=O)OCCCCCCCCCCCCCCC)CC1. The van der Waals surface area contributed by atoms with E-state index in [1.807, 2.05) is 0 Å². The Labute approximate surface area is 173 Å². The van der Waals surface area contributed by atoms with Crippen molar-refractivity contribution in [3.05, 3.63) is 12.7 Å². The van der Waals surface area contributed by atoms with Crippen LogP contribution in [0.4, 0.5) is 0 Å². The van der Waals surface area contributed by atoms with Gasteiger partial charge in [0.05, 0.1) is 12.5 Å². The molecule has 0 atom stereocenters. The van der Waals surface area contributed by atoms with Crippen molar-refractivity contribution < 1.29 is 14.3 Å². The molecule has 28 heavy (non-hydrogen) atoms. The van der Waals surface area contributed by atoms with Crippen LogP contribution in [0.3, 0.4) is 0 Å². The highest BCUT2D eigenvalue weighted by atomic mass is 16.5. The van der Waals surface area contributed by atoms with Crippen LogP contribution in [0.2, 0.25) is 0 Å². The van der Waals surface area contributed by atoms with Crippen LogP contribution in [0, 0.1) is 5.92 Å². The molecular formula is C24H43NO3. The molecule has 4 heteroatoms. The summed E-state index contributed by atoms with van der Waals surface area (Å²) in [5.41, 5.74) is 0. The van der Waals surface area contributed by atoms with Crippen LogP contribution < -0.4 is 0 Å². The standard InChI is InChI=1S/C24H43NO3/c1-3-5-6-7-8-9-10-11-12-13-14-15-16-21-28-24(27)22-17-19-25(20-18-22)23(26)4-2/h4,22H,2-3,5-21H2,1H3. The zero-order valence-electron chi connectivity index (χ0n) is 18.3. The van der Waals surface area contributed by atoms with Crippen LogP contribution in [0.25, 0.3) is 0 Å². The summed E-state index contributed by atoms with van der Waals surface area (Å²) in [4.78, 5) is 25.4. The number of unbranched alkanes of at least 4 members (excludes halogenated alkanes) is 12. The number of rotatable bonds is 16. The maximum absolute atomic E-state index is 12.1. The largest absolute Gasteiger partial charge is 0.465 e. The average molecular weight is 394 g/mol. The molecule has 0 saturated carbocycles. The van der Waals surface area contributed by atoms with Crippen molar-refractivity contribution in [2.75, 3.05) is 19.7 Å². The minimum absolute atomic E-state index is 0.0428. The van der Waals surface area contributed by atoms with E-state index in [9.17, 15) is 9.59 Å². The molecule has 1 fully saturated rings. The van der Waals surface area contributed by atoms with Crippen molar-refractivity contribution in [3.8, 4) is 0 Å². The van der Waals surface area contributed by atoms with E-state index in [0.717, 1.165) is 12.8 Å². The van der Waals surface area contributed by atoms with Gasteiger partial charge in [-0.2, -0.15) is 0 Å². The van der Waals surface area contributed by atoms with Crippen molar-refractivity contribution >= 4 is 11.9 Å². The summed E-state index contributed by atoms with van der Waals surface area (Å²) in [6.07, 6.45) is 19.9. The van der Waals surface area contributed by atoms with Gasteiger partial charge in [-0.3, -0.25) is 9.59 Å². The number of hydrogen-bond donors (Lipinski definition) is 0. The number of hydrogen-bond acceptors (Lipinski definition) is 3. The summed E-state index contributed by atoms with van der Waals surface area (Å²) in [6, 6.07) is 0. The molecule has 1 saturated heterocycles. The van der Waals surface area contributed by atoms with Gasteiger partial charge in [-0.15, -0.1) is 0 Å². The monoisotopic (exact) mass is 393 g/mol. The third-order valence-electron chi connectivity index (χ3n) is 5.81. The molecule has 1 aliphatic rings. The molecule has 1 amide bonds. The molecule has 0 N–H and O–H groups in total. The van der Waals surface area contributed by atoms with Crippen LogP contribution in [-0.4, -0.2) is 36.5 Å². The number of ether oxygens (including phenoxy) is 1. The van der Waals surface area contributed by atoms with Gasteiger partial charge in [0.15, 0.2) is 0 Å². The van der Waals surface area contributed by atoms with Gasteiger partial charge in [-0.1, -0.05) is 90.6 Å². The van der Waals surface area contributed by atoms with E-state index in [1.165, 1.54) is 76.7 Å². The highest BCUT2D eigenvalue weighted by Crippen LogP contribution is 2.19. The highest BCUT2D eigenvalue weighted by Gasteiger charge is 2.27. The van der Waals surface area contributed by atoms with E-state index in [2.05, 4.69) is 13.5 Å². The quantitative estimate of drug-likeness (QED) is 0.182. The smallest absolute Gasteiger partial charge is 0.309 e. The summed E-state index contributed by atoms with van der Waals surface area (Å²) in [5, 5.41) is 0. The lowest BCUT2D eigenvalue weighted by atomic mass is 9.97. The van der Waals surface area contributed by atoms with Gasteiger partial charge >= 0.3 is 5.97 Å². The number of nitrogens with zero attached hydrogens (tertiary/aromatic N) is 1. The molecule has 0 aromatic heterocycles. The van der Waals surface area contributed by atoms with Crippen LogP contribution in [0.1, 0.15) is 103 Å². The van der Waals surface area contributed by atoms with Crippen molar-refractivity contribution in [1.29, 1.82) is 0 Å². The van der Waals surface area contributed by atoms with Crippen LogP contribution >= 0.6 is 0 Å². The fourth-order valence-corrected chi connectivity index (χ4v) is 3.88. The molecule has 1 heterocycles. The minimum atomic E-state index is -0.0790. The van der Waals surface area contributed by atoms with E-state index in [4.69, 9.17) is 4.74 Å². The molecule has 0 spiro atoms. The second kappa shape index (κ2) is 16.6. The lowest BCUT2D eigenvalue weighted by Gasteiger charge is -2.30. The number of piperidine rings is 1. The lowest BCUT2D eigenvalue weighted by Crippen LogP contribution is -2.39. The van der Waals surface area contributed by atoms with Crippen LogP contribution in [0.15, 0.2) is 12.7 Å². The van der Waals surface area contributed by atoms with Crippen molar-refractivity contribution in [2.45, 2.75) is 103 Å². The molecule has 0 aromatic carbocycles. The average Bonchev–Trinajstić information content (AvgIpc) is 2.73. The molecule has 162 valence electrons. The first-order valence-corrected chi connectivity index (χ1v) is 11.8. The predicted octanol–water partition coefficient (Wildman–Crippen LogP) is 6.05. The zero-order chi connectivity index (χ0) is 20.5. The highest BCUT2D eigenvalue weighted by molar-refractivity contribution is 5.87. The second-order valence-electron chi connectivity index (χ2n) is 8.21. The van der Waals surface area contributed by atoms with Crippen LogP contribution in [0.5, 0.6) is 0 Å². The molecule has 0 aliphatic carbocycles. The summed E-state index contributed by atoms with van der Waals surface area (Å²) in [7, 11) is 0. The summed E-state index contributed by atoms with van der Waals surface area (Å²) < 4.78 is 5.44. The maximum atomic E-state index is 12.1. The first-order chi connectivity index (χ1) is 13.7. The number of amides is 1. The number of likely N-dealkylation sites (tertiary alicyclic amines) is 1. The Hall–Kier alpha value is -1.32. The maximum Gasteiger partial charge on any atom is 0.309 e. The molecular weight excluding hydrogens is 350 g/mol. The fraction of sp³-hybridized carbons (Fsp3) is 0.833. The molecule has 0 unspecified atom stereocenters. The zero-order valence-corrected chi connectivity index (χ0v) is 18.3. The Morgan fingerprint density at radius 3 is 1.79 bits per heavy atom. The normalized spacial score (nSPS) is 14.8. The first-order valence-electron chi connectivity index (χ1n) is 11.8. The third kappa shape index (κ3) is 11.5.